The predicted molar refractivity (Wildman–Crippen MR) is 92.1 cm³/mol. The van der Waals surface area contributed by atoms with Gasteiger partial charge in [0.15, 0.2) is 0 Å². The van der Waals surface area contributed by atoms with Crippen LogP contribution in [0.3, 0.4) is 0 Å². The van der Waals surface area contributed by atoms with E-state index in [0.29, 0.717) is 19.5 Å². The van der Waals surface area contributed by atoms with E-state index >= 15 is 0 Å². The zero-order chi connectivity index (χ0) is 17.3. The summed E-state index contributed by atoms with van der Waals surface area (Å²) in [6.45, 7) is 5.05. The fourth-order valence-electron chi connectivity index (χ4n) is 3.37. The molecule has 6 heteroatoms. The molecule has 1 atom stereocenters. The van der Waals surface area contributed by atoms with E-state index in [9.17, 15) is 14.7 Å². The van der Waals surface area contributed by atoms with Crippen LogP contribution in [0.1, 0.15) is 24.5 Å². The van der Waals surface area contributed by atoms with E-state index in [0.717, 1.165) is 11.9 Å². The number of H-pyrrole nitrogens is 1. The molecule has 6 nitrogen and oxygen atoms in total. The van der Waals surface area contributed by atoms with Gasteiger partial charge in [-0.3, -0.25) is 4.79 Å². The van der Waals surface area contributed by atoms with Gasteiger partial charge in [0.1, 0.15) is 0 Å². The van der Waals surface area contributed by atoms with Crippen molar-refractivity contribution in [2.75, 3.05) is 19.6 Å². The van der Waals surface area contributed by atoms with E-state index in [2.05, 4.69) is 23.3 Å². The molecule has 1 aliphatic heterocycles. The van der Waals surface area contributed by atoms with Gasteiger partial charge in [0.05, 0.1) is 5.41 Å². The molecule has 1 aliphatic rings. The fraction of sp³-hybridized carbons (Fsp3) is 0.444. The molecule has 1 aromatic heterocycles. The Morgan fingerprint density at radius 3 is 2.92 bits per heavy atom. The SMILES string of the molecule is Cc1cccc2[nH]cc(CCNC(=O)N3CCC(C)(C(=O)O)C3)c12. The Labute approximate surface area is 140 Å². The van der Waals surface area contributed by atoms with E-state index in [-0.39, 0.29) is 12.6 Å². The van der Waals surface area contributed by atoms with Crippen LogP contribution in [-0.2, 0) is 11.2 Å². The zero-order valence-corrected chi connectivity index (χ0v) is 14.1. The number of hydrogen-bond acceptors (Lipinski definition) is 2. The highest BCUT2D eigenvalue weighted by Gasteiger charge is 2.42. The summed E-state index contributed by atoms with van der Waals surface area (Å²) in [5.41, 5.74) is 2.67. The number of urea groups is 1. The first-order valence-electron chi connectivity index (χ1n) is 8.22. The predicted octanol–water partition coefficient (Wildman–Crippen LogP) is 2.53. The quantitative estimate of drug-likeness (QED) is 0.806. The van der Waals surface area contributed by atoms with E-state index in [1.165, 1.54) is 16.5 Å². The Balaban J connectivity index is 1.57. The van der Waals surface area contributed by atoms with Gasteiger partial charge in [0.2, 0.25) is 0 Å². The number of carboxylic acid groups (broad SMARTS) is 1. The van der Waals surface area contributed by atoms with Crippen molar-refractivity contribution in [2.24, 2.45) is 5.41 Å². The van der Waals surface area contributed by atoms with E-state index in [4.69, 9.17) is 0 Å². The van der Waals surface area contributed by atoms with Crippen LogP contribution in [0.5, 0.6) is 0 Å². The van der Waals surface area contributed by atoms with Crippen molar-refractivity contribution in [3.63, 3.8) is 0 Å². The molecule has 1 fully saturated rings. The van der Waals surface area contributed by atoms with Crippen LogP contribution in [0.25, 0.3) is 10.9 Å². The summed E-state index contributed by atoms with van der Waals surface area (Å²) in [6.07, 6.45) is 3.22. The molecule has 2 heterocycles. The normalized spacial score (nSPS) is 20.5. The number of carbonyl (C=O) groups excluding carboxylic acids is 1. The van der Waals surface area contributed by atoms with Gasteiger partial charge in [0.25, 0.3) is 0 Å². The van der Waals surface area contributed by atoms with Crippen molar-refractivity contribution < 1.29 is 14.7 Å². The van der Waals surface area contributed by atoms with Gasteiger partial charge in [-0.25, -0.2) is 4.79 Å². The molecule has 0 bridgehead atoms. The molecule has 0 saturated carbocycles. The van der Waals surface area contributed by atoms with E-state index in [1.54, 1.807) is 11.8 Å². The molecular weight excluding hydrogens is 306 g/mol. The smallest absolute Gasteiger partial charge is 0.317 e. The number of amides is 2. The minimum Gasteiger partial charge on any atom is -0.481 e. The maximum absolute atomic E-state index is 12.2. The van der Waals surface area contributed by atoms with Gasteiger partial charge < -0.3 is 20.3 Å². The lowest BCUT2D eigenvalue weighted by atomic mass is 9.90. The first-order valence-corrected chi connectivity index (χ1v) is 8.22. The van der Waals surface area contributed by atoms with Crippen LogP contribution < -0.4 is 5.32 Å². The number of aromatic nitrogens is 1. The number of fused-ring (bicyclic) bond motifs is 1. The van der Waals surface area contributed by atoms with Gasteiger partial charge in [-0.1, -0.05) is 12.1 Å². The number of aryl methyl sites for hydroxylation is 1. The molecule has 1 unspecified atom stereocenters. The van der Waals surface area contributed by atoms with Crippen LogP contribution in [0.15, 0.2) is 24.4 Å². The lowest BCUT2D eigenvalue weighted by molar-refractivity contribution is -0.146. The minimum absolute atomic E-state index is 0.184. The van der Waals surface area contributed by atoms with Crippen molar-refractivity contribution in [3.8, 4) is 0 Å². The molecule has 2 aromatic rings. The van der Waals surface area contributed by atoms with Gasteiger partial charge >= 0.3 is 12.0 Å². The Morgan fingerprint density at radius 1 is 1.42 bits per heavy atom. The first-order chi connectivity index (χ1) is 11.4. The van der Waals surface area contributed by atoms with Crippen molar-refractivity contribution in [1.29, 1.82) is 0 Å². The third-order valence-electron chi connectivity index (χ3n) is 4.94. The maximum Gasteiger partial charge on any atom is 0.317 e. The number of aliphatic carboxylic acids is 1. The van der Waals surface area contributed by atoms with E-state index in [1.807, 2.05) is 18.3 Å². The number of likely N-dealkylation sites (tertiary alicyclic amines) is 1. The fourth-order valence-corrected chi connectivity index (χ4v) is 3.37. The number of carbonyl (C=O) groups is 2. The Morgan fingerprint density at radius 2 is 2.21 bits per heavy atom. The van der Waals surface area contributed by atoms with Gasteiger partial charge in [0, 0.05) is 36.7 Å². The van der Waals surface area contributed by atoms with Crippen LogP contribution in [0.2, 0.25) is 0 Å². The van der Waals surface area contributed by atoms with Gasteiger partial charge in [-0.05, 0) is 43.9 Å². The number of benzene rings is 1. The summed E-state index contributed by atoms with van der Waals surface area (Å²) >= 11 is 0. The number of hydrogen-bond donors (Lipinski definition) is 3. The number of nitrogens with zero attached hydrogens (tertiary/aromatic N) is 1. The van der Waals surface area contributed by atoms with Crippen molar-refractivity contribution in [3.05, 3.63) is 35.5 Å². The Bertz CT molecular complexity index is 783. The summed E-state index contributed by atoms with van der Waals surface area (Å²) in [5, 5.41) is 13.4. The molecule has 3 N–H and O–H groups in total. The number of carboxylic acids is 1. The Kier molecular flexibility index (Phi) is 4.22. The molecule has 0 radical (unpaired) electrons. The summed E-state index contributed by atoms with van der Waals surface area (Å²) in [6, 6.07) is 5.96. The lowest BCUT2D eigenvalue weighted by Gasteiger charge is -2.20. The molecule has 0 spiro atoms. The second-order valence-electron chi connectivity index (χ2n) is 6.83. The van der Waals surface area contributed by atoms with Crippen LogP contribution in [0.4, 0.5) is 4.79 Å². The van der Waals surface area contributed by atoms with Gasteiger partial charge in [-0.15, -0.1) is 0 Å². The molecular formula is C18H23N3O3. The topological polar surface area (TPSA) is 85.4 Å². The number of aromatic amines is 1. The highest BCUT2D eigenvalue weighted by molar-refractivity contribution is 5.86. The van der Waals surface area contributed by atoms with Crippen molar-refractivity contribution in [2.45, 2.75) is 26.7 Å². The number of nitrogens with one attached hydrogen (secondary N) is 2. The molecule has 24 heavy (non-hydrogen) atoms. The summed E-state index contributed by atoms with van der Waals surface area (Å²) in [5.74, 6) is -0.841. The van der Waals surface area contributed by atoms with Crippen molar-refractivity contribution >= 4 is 22.9 Å². The highest BCUT2D eigenvalue weighted by Crippen LogP contribution is 2.30. The number of rotatable bonds is 4. The molecule has 3 rings (SSSR count). The largest absolute Gasteiger partial charge is 0.481 e. The zero-order valence-electron chi connectivity index (χ0n) is 14.1. The average molecular weight is 329 g/mol. The molecule has 1 saturated heterocycles. The maximum atomic E-state index is 12.2. The molecule has 2 amide bonds. The van der Waals surface area contributed by atoms with Crippen LogP contribution in [-0.4, -0.2) is 46.6 Å². The lowest BCUT2D eigenvalue weighted by Crippen LogP contribution is -2.41. The molecule has 0 aliphatic carbocycles. The van der Waals surface area contributed by atoms with Crippen LogP contribution >= 0.6 is 0 Å². The van der Waals surface area contributed by atoms with Crippen LogP contribution in [0, 0.1) is 12.3 Å². The standard InChI is InChI=1S/C18H23N3O3/c1-12-4-3-5-14-15(12)13(10-20-14)6-8-19-17(24)21-9-7-18(2,11-21)16(22)23/h3-5,10,20H,6-9,11H2,1-2H3,(H,19,24)(H,22,23). The molecule has 128 valence electrons. The minimum atomic E-state index is -0.841. The third-order valence-corrected chi connectivity index (χ3v) is 4.94. The highest BCUT2D eigenvalue weighted by atomic mass is 16.4. The summed E-state index contributed by atoms with van der Waals surface area (Å²) < 4.78 is 0. The second-order valence-corrected chi connectivity index (χ2v) is 6.83. The Hall–Kier alpha value is -2.50. The summed E-state index contributed by atoms with van der Waals surface area (Å²) in [7, 11) is 0. The van der Waals surface area contributed by atoms with Crippen molar-refractivity contribution in [1.82, 2.24) is 15.2 Å². The van der Waals surface area contributed by atoms with E-state index < -0.39 is 11.4 Å². The average Bonchev–Trinajstić information content (AvgIpc) is 3.13. The monoisotopic (exact) mass is 329 g/mol. The second kappa shape index (κ2) is 6.19. The first kappa shape index (κ1) is 16.4. The van der Waals surface area contributed by atoms with Gasteiger partial charge in [-0.2, -0.15) is 0 Å². The molecule has 1 aromatic carbocycles. The third kappa shape index (κ3) is 2.96. The summed E-state index contributed by atoms with van der Waals surface area (Å²) in [4.78, 5) is 28.3.